The topological polar surface area (TPSA) is 52.8 Å². The summed E-state index contributed by atoms with van der Waals surface area (Å²) in [4.78, 5) is 9.80. The van der Waals surface area contributed by atoms with Crippen molar-refractivity contribution in [2.75, 3.05) is 11.9 Å². The first-order valence-corrected chi connectivity index (χ1v) is 5.38. The van der Waals surface area contributed by atoms with Crippen molar-refractivity contribution in [1.82, 2.24) is 9.97 Å². The van der Waals surface area contributed by atoms with E-state index in [1.165, 1.54) is 18.3 Å². The second kappa shape index (κ2) is 5.23. The number of anilines is 1. The van der Waals surface area contributed by atoms with Crippen molar-refractivity contribution >= 4 is 5.95 Å². The van der Waals surface area contributed by atoms with Gasteiger partial charge in [-0.2, -0.15) is 5.26 Å². The summed E-state index contributed by atoms with van der Waals surface area (Å²) in [5, 5.41) is 8.76. The van der Waals surface area contributed by atoms with Gasteiger partial charge in [0.15, 0.2) is 0 Å². The molecule has 5 heteroatoms. The number of benzene rings is 1. The third kappa shape index (κ3) is 2.61. The maximum Gasteiger partial charge on any atom is 0.226 e. The van der Waals surface area contributed by atoms with Gasteiger partial charge in [-0.3, -0.25) is 0 Å². The third-order valence-corrected chi connectivity index (χ3v) is 2.46. The summed E-state index contributed by atoms with van der Waals surface area (Å²) in [5.74, 6) is 0.137. The van der Waals surface area contributed by atoms with Crippen LogP contribution in [0.15, 0.2) is 36.5 Å². The van der Waals surface area contributed by atoms with E-state index in [1.807, 2.05) is 6.07 Å². The van der Waals surface area contributed by atoms with Crippen molar-refractivity contribution in [1.29, 1.82) is 5.26 Å². The first kappa shape index (κ1) is 12.0. The lowest BCUT2D eigenvalue weighted by Crippen LogP contribution is -2.20. The van der Waals surface area contributed by atoms with Crippen molar-refractivity contribution in [3.8, 4) is 6.07 Å². The van der Waals surface area contributed by atoms with E-state index in [2.05, 4.69) is 9.97 Å². The lowest BCUT2D eigenvalue weighted by Gasteiger charge is -2.17. The van der Waals surface area contributed by atoms with Crippen molar-refractivity contribution in [3.05, 3.63) is 53.6 Å². The maximum atomic E-state index is 13.5. The zero-order chi connectivity index (χ0) is 13.0. The van der Waals surface area contributed by atoms with Crippen LogP contribution >= 0.6 is 0 Å². The molecule has 2 aromatic rings. The van der Waals surface area contributed by atoms with Crippen LogP contribution in [-0.4, -0.2) is 17.0 Å². The SMILES string of the molecule is CN(Cc1ccccc1F)c1nccc(C#N)n1. The van der Waals surface area contributed by atoms with Gasteiger partial charge in [-0.25, -0.2) is 14.4 Å². The molecule has 4 nitrogen and oxygen atoms in total. The van der Waals surface area contributed by atoms with Crippen LogP contribution in [-0.2, 0) is 6.54 Å². The van der Waals surface area contributed by atoms with Crippen LogP contribution in [0.1, 0.15) is 11.3 Å². The largest absolute Gasteiger partial charge is 0.339 e. The molecule has 0 unspecified atom stereocenters. The second-order valence-electron chi connectivity index (χ2n) is 3.80. The van der Waals surface area contributed by atoms with Gasteiger partial charge in [-0.05, 0) is 12.1 Å². The summed E-state index contributed by atoms with van der Waals surface area (Å²) >= 11 is 0. The molecule has 18 heavy (non-hydrogen) atoms. The average Bonchev–Trinajstić information content (AvgIpc) is 2.41. The summed E-state index contributed by atoms with van der Waals surface area (Å²) in [6.45, 7) is 0.349. The van der Waals surface area contributed by atoms with Gasteiger partial charge in [0, 0.05) is 25.4 Å². The number of aromatic nitrogens is 2. The molecule has 1 aromatic carbocycles. The summed E-state index contributed by atoms with van der Waals surface area (Å²) in [6.07, 6.45) is 1.51. The Balaban J connectivity index is 2.20. The van der Waals surface area contributed by atoms with Crippen molar-refractivity contribution in [3.63, 3.8) is 0 Å². The van der Waals surface area contributed by atoms with E-state index in [4.69, 9.17) is 5.26 Å². The van der Waals surface area contributed by atoms with Gasteiger partial charge >= 0.3 is 0 Å². The Kier molecular flexibility index (Phi) is 3.49. The van der Waals surface area contributed by atoms with E-state index >= 15 is 0 Å². The zero-order valence-electron chi connectivity index (χ0n) is 9.84. The van der Waals surface area contributed by atoms with Gasteiger partial charge in [-0.1, -0.05) is 18.2 Å². The minimum atomic E-state index is -0.263. The highest BCUT2D eigenvalue weighted by molar-refractivity contribution is 5.34. The minimum Gasteiger partial charge on any atom is -0.339 e. The Hall–Kier alpha value is -2.48. The summed E-state index contributed by atoms with van der Waals surface area (Å²) in [7, 11) is 1.75. The first-order valence-electron chi connectivity index (χ1n) is 5.38. The highest BCUT2D eigenvalue weighted by Gasteiger charge is 2.08. The average molecular weight is 242 g/mol. The smallest absolute Gasteiger partial charge is 0.226 e. The molecular formula is C13H11FN4. The molecule has 1 heterocycles. The molecule has 0 amide bonds. The van der Waals surface area contributed by atoms with E-state index in [-0.39, 0.29) is 5.82 Å². The molecule has 0 aliphatic heterocycles. The van der Waals surface area contributed by atoms with Crippen LogP contribution in [0, 0.1) is 17.1 Å². The number of rotatable bonds is 3. The van der Waals surface area contributed by atoms with Crippen molar-refractivity contribution < 1.29 is 4.39 Å². The summed E-state index contributed by atoms with van der Waals surface area (Å²) in [5.41, 5.74) is 0.853. The van der Waals surface area contributed by atoms with Gasteiger partial charge in [-0.15, -0.1) is 0 Å². The van der Waals surface area contributed by atoms with Crippen molar-refractivity contribution in [2.45, 2.75) is 6.54 Å². The molecular weight excluding hydrogens is 231 g/mol. The van der Waals surface area contributed by atoms with E-state index in [1.54, 1.807) is 30.1 Å². The number of hydrogen-bond donors (Lipinski definition) is 0. The lowest BCUT2D eigenvalue weighted by molar-refractivity contribution is 0.607. The molecule has 0 atom stereocenters. The van der Waals surface area contributed by atoms with Gasteiger partial charge in [0.2, 0.25) is 5.95 Å². The number of halogens is 1. The minimum absolute atomic E-state index is 0.263. The first-order chi connectivity index (χ1) is 8.70. The molecule has 0 saturated heterocycles. The molecule has 2 rings (SSSR count). The molecule has 90 valence electrons. The Morgan fingerprint density at radius 3 is 2.83 bits per heavy atom. The molecule has 0 aliphatic rings. The highest BCUT2D eigenvalue weighted by atomic mass is 19.1. The van der Waals surface area contributed by atoms with Gasteiger partial charge in [0.05, 0.1) is 0 Å². The Morgan fingerprint density at radius 2 is 2.11 bits per heavy atom. The second-order valence-corrected chi connectivity index (χ2v) is 3.80. The predicted octanol–water partition coefficient (Wildman–Crippen LogP) is 2.12. The van der Waals surface area contributed by atoms with Gasteiger partial charge in [0.25, 0.3) is 0 Å². The molecule has 0 fully saturated rings. The molecule has 0 bridgehead atoms. The number of nitriles is 1. The normalized spacial score (nSPS) is 9.83. The molecule has 1 aromatic heterocycles. The van der Waals surface area contributed by atoms with Crippen LogP contribution in [0.5, 0.6) is 0 Å². The summed E-state index contributed by atoms with van der Waals surface area (Å²) in [6, 6.07) is 10.0. The maximum absolute atomic E-state index is 13.5. The standard InChI is InChI=1S/C13H11FN4/c1-18(9-10-4-2-3-5-12(10)14)13-16-7-6-11(8-15)17-13/h2-7H,9H2,1H3. The monoisotopic (exact) mass is 242 g/mol. The quantitative estimate of drug-likeness (QED) is 0.827. The lowest BCUT2D eigenvalue weighted by atomic mass is 10.2. The zero-order valence-corrected chi connectivity index (χ0v) is 9.84. The van der Waals surface area contributed by atoms with E-state index in [9.17, 15) is 4.39 Å². The van der Waals surface area contributed by atoms with E-state index < -0.39 is 0 Å². The Morgan fingerprint density at radius 1 is 1.33 bits per heavy atom. The Bertz CT molecular complexity index is 592. The van der Waals surface area contributed by atoms with Crippen LogP contribution in [0.2, 0.25) is 0 Å². The van der Waals surface area contributed by atoms with Crippen LogP contribution in [0.4, 0.5) is 10.3 Å². The fraction of sp³-hybridized carbons (Fsp3) is 0.154. The molecule has 0 saturated carbocycles. The number of nitrogens with zero attached hydrogens (tertiary/aromatic N) is 4. The molecule has 0 N–H and O–H groups in total. The van der Waals surface area contributed by atoms with Crippen molar-refractivity contribution in [2.24, 2.45) is 0 Å². The molecule has 0 aliphatic carbocycles. The highest BCUT2D eigenvalue weighted by Crippen LogP contribution is 2.12. The number of hydrogen-bond acceptors (Lipinski definition) is 4. The fourth-order valence-corrected chi connectivity index (χ4v) is 1.55. The van der Waals surface area contributed by atoms with Crippen LogP contribution < -0.4 is 4.90 Å². The predicted molar refractivity (Wildman–Crippen MR) is 65.3 cm³/mol. The van der Waals surface area contributed by atoms with Crippen LogP contribution in [0.25, 0.3) is 0 Å². The third-order valence-electron chi connectivity index (χ3n) is 2.46. The van der Waals surface area contributed by atoms with E-state index in [0.717, 1.165) is 0 Å². The van der Waals surface area contributed by atoms with E-state index in [0.29, 0.717) is 23.8 Å². The molecule has 0 radical (unpaired) electrons. The summed E-state index contributed by atoms with van der Waals surface area (Å²) < 4.78 is 13.5. The van der Waals surface area contributed by atoms with Gasteiger partial charge < -0.3 is 4.90 Å². The van der Waals surface area contributed by atoms with Crippen LogP contribution in [0.3, 0.4) is 0 Å². The molecule has 0 spiro atoms. The fourth-order valence-electron chi connectivity index (χ4n) is 1.55. The van der Waals surface area contributed by atoms with Gasteiger partial charge in [0.1, 0.15) is 17.6 Å². The Labute approximate surface area is 104 Å².